The molecule has 0 aliphatic heterocycles. The smallest absolute Gasteiger partial charge is 0.262 e. The minimum Gasteiger partial charge on any atom is -0.349 e. The van der Waals surface area contributed by atoms with E-state index in [1.54, 1.807) is 25.1 Å². The second kappa shape index (κ2) is 7.72. The van der Waals surface area contributed by atoms with Gasteiger partial charge in [0.1, 0.15) is 0 Å². The molecule has 144 valence electrons. The fourth-order valence-electron chi connectivity index (χ4n) is 3.43. The first-order valence-corrected chi connectivity index (χ1v) is 10.8. The summed E-state index contributed by atoms with van der Waals surface area (Å²) < 4.78 is 28.6. The topological polar surface area (TPSA) is 75.3 Å². The molecule has 1 aliphatic rings. The predicted molar refractivity (Wildman–Crippen MR) is 108 cm³/mol. The Kier molecular flexibility index (Phi) is 5.56. The Hall–Kier alpha value is -2.34. The zero-order valence-electron chi connectivity index (χ0n) is 16.0. The van der Waals surface area contributed by atoms with Gasteiger partial charge >= 0.3 is 0 Å². The quantitative estimate of drug-likeness (QED) is 0.813. The summed E-state index contributed by atoms with van der Waals surface area (Å²) >= 11 is 0. The van der Waals surface area contributed by atoms with Crippen molar-refractivity contribution >= 4 is 21.6 Å². The number of hydrogen-bond acceptors (Lipinski definition) is 3. The van der Waals surface area contributed by atoms with Crippen molar-refractivity contribution in [1.29, 1.82) is 0 Å². The van der Waals surface area contributed by atoms with Crippen LogP contribution in [-0.4, -0.2) is 20.4 Å². The third-order valence-electron chi connectivity index (χ3n) is 5.28. The molecule has 1 amide bonds. The predicted octanol–water partition coefficient (Wildman–Crippen LogP) is 4.09. The molecule has 1 fully saturated rings. The molecule has 5 nitrogen and oxygen atoms in total. The number of aryl methyl sites for hydroxylation is 2. The molecule has 0 heterocycles. The van der Waals surface area contributed by atoms with Crippen molar-refractivity contribution in [2.75, 3.05) is 4.72 Å². The van der Waals surface area contributed by atoms with Gasteiger partial charge in [0.2, 0.25) is 0 Å². The molecular formula is C21H26N2O3S. The molecule has 27 heavy (non-hydrogen) atoms. The van der Waals surface area contributed by atoms with Crippen molar-refractivity contribution in [3.05, 3.63) is 58.7 Å². The molecule has 2 aromatic rings. The van der Waals surface area contributed by atoms with E-state index in [0.29, 0.717) is 16.8 Å². The molecule has 0 saturated heterocycles. The van der Waals surface area contributed by atoms with E-state index >= 15 is 0 Å². The molecule has 0 aromatic heterocycles. The van der Waals surface area contributed by atoms with E-state index in [-0.39, 0.29) is 16.8 Å². The van der Waals surface area contributed by atoms with Gasteiger partial charge in [-0.1, -0.05) is 31.0 Å². The Labute approximate surface area is 161 Å². The number of carbonyl (C=O) groups excluding carboxylic acids is 1. The molecule has 3 rings (SSSR count). The van der Waals surface area contributed by atoms with E-state index < -0.39 is 10.0 Å². The average molecular weight is 387 g/mol. The molecule has 1 aliphatic carbocycles. The minimum absolute atomic E-state index is 0.127. The Balaban J connectivity index is 1.88. The number of hydrogen-bond donors (Lipinski definition) is 2. The first-order valence-electron chi connectivity index (χ1n) is 9.28. The number of anilines is 1. The van der Waals surface area contributed by atoms with Crippen molar-refractivity contribution in [3.63, 3.8) is 0 Å². The third-order valence-corrected chi connectivity index (χ3v) is 6.79. The fourth-order valence-corrected chi connectivity index (χ4v) is 4.83. The lowest BCUT2D eigenvalue weighted by Gasteiger charge is -2.15. The summed E-state index contributed by atoms with van der Waals surface area (Å²) in [7, 11) is -3.80. The summed E-state index contributed by atoms with van der Waals surface area (Å²) in [6.07, 6.45) is 4.21. The van der Waals surface area contributed by atoms with Crippen LogP contribution in [0.3, 0.4) is 0 Å². The minimum atomic E-state index is -3.80. The maximum absolute atomic E-state index is 13.0. The highest BCUT2D eigenvalue weighted by molar-refractivity contribution is 7.92. The van der Waals surface area contributed by atoms with Crippen molar-refractivity contribution in [3.8, 4) is 0 Å². The van der Waals surface area contributed by atoms with Gasteiger partial charge < -0.3 is 5.32 Å². The second-order valence-electron chi connectivity index (χ2n) is 7.29. The van der Waals surface area contributed by atoms with Gasteiger partial charge in [0.15, 0.2) is 0 Å². The van der Waals surface area contributed by atoms with Crippen molar-refractivity contribution in [2.24, 2.45) is 0 Å². The van der Waals surface area contributed by atoms with Crippen molar-refractivity contribution in [1.82, 2.24) is 5.32 Å². The lowest BCUT2D eigenvalue weighted by molar-refractivity contribution is 0.0937. The molecular weight excluding hydrogens is 360 g/mol. The van der Waals surface area contributed by atoms with Crippen LogP contribution in [0, 0.1) is 20.8 Å². The zero-order chi connectivity index (χ0) is 19.6. The van der Waals surface area contributed by atoms with Crippen LogP contribution >= 0.6 is 0 Å². The van der Waals surface area contributed by atoms with E-state index in [2.05, 4.69) is 10.0 Å². The first-order chi connectivity index (χ1) is 12.8. The molecule has 0 spiro atoms. The standard InChI is InChI=1S/C21H26N2O3S/c1-14-7-6-10-19(16(14)3)23-27(25,26)20-13-17(12-11-15(20)2)21(24)22-18-8-4-5-9-18/h6-7,10-13,18,23H,4-5,8-9H2,1-3H3,(H,22,24). The van der Waals surface area contributed by atoms with E-state index in [1.165, 1.54) is 6.07 Å². The van der Waals surface area contributed by atoms with Crippen molar-refractivity contribution < 1.29 is 13.2 Å². The maximum atomic E-state index is 13.0. The van der Waals surface area contributed by atoms with E-state index in [0.717, 1.165) is 36.8 Å². The van der Waals surface area contributed by atoms with Gasteiger partial charge in [-0.05, 0) is 68.5 Å². The highest BCUT2D eigenvalue weighted by Gasteiger charge is 2.22. The van der Waals surface area contributed by atoms with E-state index in [9.17, 15) is 13.2 Å². The Morgan fingerprint density at radius 2 is 1.70 bits per heavy atom. The SMILES string of the molecule is Cc1ccc(C(=O)NC2CCCC2)cc1S(=O)(=O)Nc1cccc(C)c1C. The summed E-state index contributed by atoms with van der Waals surface area (Å²) in [6, 6.07) is 10.5. The van der Waals surface area contributed by atoms with Gasteiger partial charge in [0.25, 0.3) is 15.9 Å². The van der Waals surface area contributed by atoms with Crippen LogP contribution in [0.1, 0.15) is 52.7 Å². The maximum Gasteiger partial charge on any atom is 0.262 e. The molecule has 1 saturated carbocycles. The molecule has 2 aromatic carbocycles. The fraction of sp³-hybridized carbons (Fsp3) is 0.381. The Morgan fingerprint density at radius 3 is 2.41 bits per heavy atom. The van der Waals surface area contributed by atoms with Crippen LogP contribution in [0.15, 0.2) is 41.3 Å². The number of amides is 1. The lowest BCUT2D eigenvalue weighted by atomic mass is 10.1. The summed E-state index contributed by atoms with van der Waals surface area (Å²) in [5.41, 5.74) is 3.42. The highest BCUT2D eigenvalue weighted by atomic mass is 32.2. The van der Waals surface area contributed by atoms with Gasteiger partial charge in [-0.25, -0.2) is 8.42 Å². The van der Waals surface area contributed by atoms with Gasteiger partial charge in [0, 0.05) is 11.6 Å². The largest absolute Gasteiger partial charge is 0.349 e. The van der Waals surface area contributed by atoms with Crippen molar-refractivity contribution in [2.45, 2.75) is 57.4 Å². The third kappa shape index (κ3) is 4.33. The summed E-state index contributed by atoms with van der Waals surface area (Å²) in [5.74, 6) is -0.218. The lowest BCUT2D eigenvalue weighted by Crippen LogP contribution is -2.32. The Morgan fingerprint density at radius 1 is 1.00 bits per heavy atom. The Bertz CT molecular complexity index is 961. The summed E-state index contributed by atoms with van der Waals surface area (Å²) in [5, 5.41) is 3.01. The zero-order valence-corrected chi connectivity index (χ0v) is 16.8. The van der Waals surface area contributed by atoms with E-state index in [4.69, 9.17) is 0 Å². The molecule has 0 unspecified atom stereocenters. The average Bonchev–Trinajstić information content (AvgIpc) is 3.12. The summed E-state index contributed by atoms with van der Waals surface area (Å²) in [6.45, 7) is 5.55. The number of carbonyl (C=O) groups is 1. The van der Waals surface area contributed by atoms with Crippen LogP contribution < -0.4 is 10.0 Å². The van der Waals surface area contributed by atoms with Gasteiger partial charge in [-0.2, -0.15) is 0 Å². The number of nitrogens with one attached hydrogen (secondary N) is 2. The van der Waals surface area contributed by atoms with Crippen LogP contribution in [0.5, 0.6) is 0 Å². The monoisotopic (exact) mass is 386 g/mol. The highest BCUT2D eigenvalue weighted by Crippen LogP contribution is 2.25. The van der Waals surface area contributed by atoms with Gasteiger partial charge in [0.05, 0.1) is 10.6 Å². The van der Waals surface area contributed by atoms with Gasteiger partial charge in [-0.15, -0.1) is 0 Å². The van der Waals surface area contributed by atoms with Crippen LogP contribution in [-0.2, 0) is 10.0 Å². The number of rotatable bonds is 5. The second-order valence-corrected chi connectivity index (χ2v) is 8.94. The van der Waals surface area contributed by atoms with Crippen LogP contribution in [0.4, 0.5) is 5.69 Å². The molecule has 0 bridgehead atoms. The van der Waals surface area contributed by atoms with Crippen LogP contribution in [0.25, 0.3) is 0 Å². The normalized spacial score (nSPS) is 14.9. The molecule has 2 N–H and O–H groups in total. The molecule has 0 radical (unpaired) electrons. The van der Waals surface area contributed by atoms with E-state index in [1.807, 2.05) is 26.0 Å². The van der Waals surface area contributed by atoms with Crippen LogP contribution in [0.2, 0.25) is 0 Å². The number of sulfonamides is 1. The van der Waals surface area contributed by atoms with Gasteiger partial charge in [-0.3, -0.25) is 9.52 Å². The first kappa shape index (κ1) is 19.4. The molecule has 6 heteroatoms. The number of benzene rings is 2. The summed E-state index contributed by atoms with van der Waals surface area (Å²) in [4.78, 5) is 12.6. The molecule has 0 atom stereocenters.